The van der Waals surface area contributed by atoms with E-state index in [2.05, 4.69) is 37.2 Å². The molecule has 0 unspecified atom stereocenters. The molecule has 1 aliphatic rings. The highest BCUT2D eigenvalue weighted by molar-refractivity contribution is 9.10. The van der Waals surface area contributed by atoms with E-state index in [0.29, 0.717) is 9.30 Å². The van der Waals surface area contributed by atoms with Crippen molar-refractivity contribution < 1.29 is 9.18 Å². The van der Waals surface area contributed by atoms with Crippen molar-refractivity contribution in [1.82, 2.24) is 5.32 Å². The molecule has 1 aromatic carbocycles. The maximum atomic E-state index is 13.6. The Bertz CT molecular complexity index is 445. The first-order chi connectivity index (χ1) is 8.56. The fourth-order valence-electron chi connectivity index (χ4n) is 2.13. The standard InChI is InChI=1S/C13H14Br2FNO/c14-8-1-4-10(5-2-8)17-13(18)11-6-3-9(15)7-12(11)16/h3,6-8,10H,1-2,4-5H2,(H,17,18). The highest BCUT2D eigenvalue weighted by Gasteiger charge is 2.22. The molecule has 0 atom stereocenters. The molecule has 0 saturated heterocycles. The summed E-state index contributed by atoms with van der Waals surface area (Å²) >= 11 is 6.74. The lowest BCUT2D eigenvalue weighted by Gasteiger charge is -2.26. The monoisotopic (exact) mass is 377 g/mol. The maximum Gasteiger partial charge on any atom is 0.254 e. The first-order valence-electron chi connectivity index (χ1n) is 5.96. The van der Waals surface area contributed by atoms with Crippen molar-refractivity contribution in [2.24, 2.45) is 0 Å². The fraction of sp³-hybridized carbons (Fsp3) is 0.462. The largest absolute Gasteiger partial charge is 0.349 e. The summed E-state index contributed by atoms with van der Waals surface area (Å²) < 4.78 is 14.3. The predicted octanol–water partition coefficient (Wildman–Crippen LogP) is 4.02. The van der Waals surface area contributed by atoms with Crippen LogP contribution in [0.1, 0.15) is 36.0 Å². The number of nitrogens with one attached hydrogen (secondary N) is 1. The van der Waals surface area contributed by atoms with E-state index in [-0.39, 0.29) is 17.5 Å². The molecule has 0 spiro atoms. The van der Waals surface area contributed by atoms with Gasteiger partial charge in [-0.05, 0) is 43.9 Å². The number of amides is 1. The van der Waals surface area contributed by atoms with Crippen molar-refractivity contribution >= 4 is 37.8 Å². The van der Waals surface area contributed by atoms with E-state index in [1.165, 1.54) is 12.1 Å². The van der Waals surface area contributed by atoms with Gasteiger partial charge in [0.25, 0.3) is 5.91 Å². The van der Waals surface area contributed by atoms with E-state index in [9.17, 15) is 9.18 Å². The van der Waals surface area contributed by atoms with Crippen LogP contribution in [0.4, 0.5) is 4.39 Å². The summed E-state index contributed by atoms with van der Waals surface area (Å²) in [5.74, 6) is -0.811. The number of alkyl halides is 1. The van der Waals surface area contributed by atoms with E-state index in [0.717, 1.165) is 25.7 Å². The molecule has 0 aliphatic heterocycles. The SMILES string of the molecule is O=C(NC1CCC(Br)CC1)c1ccc(Br)cc1F. The number of carbonyl (C=O) groups is 1. The van der Waals surface area contributed by atoms with Crippen molar-refractivity contribution in [1.29, 1.82) is 0 Å². The first kappa shape index (κ1) is 14.0. The van der Waals surface area contributed by atoms with Gasteiger partial charge in [-0.1, -0.05) is 31.9 Å². The average Bonchev–Trinajstić information content (AvgIpc) is 2.32. The molecule has 0 aromatic heterocycles. The number of hydrogen-bond donors (Lipinski definition) is 1. The maximum absolute atomic E-state index is 13.6. The minimum absolute atomic E-state index is 0.110. The van der Waals surface area contributed by atoms with Gasteiger partial charge in [-0.3, -0.25) is 4.79 Å². The average molecular weight is 379 g/mol. The Labute approximate surface area is 123 Å². The van der Waals surface area contributed by atoms with Gasteiger partial charge in [0.05, 0.1) is 5.56 Å². The molecule has 0 bridgehead atoms. The van der Waals surface area contributed by atoms with Crippen molar-refractivity contribution in [3.05, 3.63) is 34.1 Å². The van der Waals surface area contributed by atoms with E-state index >= 15 is 0 Å². The second-order valence-electron chi connectivity index (χ2n) is 4.55. The topological polar surface area (TPSA) is 29.1 Å². The van der Waals surface area contributed by atoms with E-state index in [1.54, 1.807) is 6.07 Å². The molecule has 1 fully saturated rings. The van der Waals surface area contributed by atoms with Gasteiger partial charge in [-0.15, -0.1) is 0 Å². The number of halogens is 3. The van der Waals surface area contributed by atoms with Crippen molar-refractivity contribution in [2.75, 3.05) is 0 Å². The summed E-state index contributed by atoms with van der Waals surface area (Å²) in [4.78, 5) is 12.5. The summed E-state index contributed by atoms with van der Waals surface area (Å²) in [5.41, 5.74) is 0.110. The van der Waals surface area contributed by atoms with E-state index in [1.807, 2.05) is 0 Å². The molecular weight excluding hydrogens is 365 g/mol. The molecule has 18 heavy (non-hydrogen) atoms. The molecule has 1 aliphatic carbocycles. The smallest absolute Gasteiger partial charge is 0.254 e. The van der Waals surface area contributed by atoms with Crippen LogP contribution >= 0.6 is 31.9 Å². The van der Waals surface area contributed by atoms with Crippen LogP contribution in [0.2, 0.25) is 0 Å². The molecular formula is C13H14Br2FNO. The predicted molar refractivity (Wildman–Crippen MR) is 76.5 cm³/mol. The van der Waals surface area contributed by atoms with Crippen molar-refractivity contribution in [2.45, 2.75) is 36.6 Å². The van der Waals surface area contributed by atoms with Crippen LogP contribution in [-0.2, 0) is 0 Å². The van der Waals surface area contributed by atoms with Crippen LogP contribution in [0.5, 0.6) is 0 Å². The Kier molecular flexibility index (Phi) is 4.78. The molecule has 0 radical (unpaired) electrons. The summed E-state index contributed by atoms with van der Waals surface area (Å²) in [7, 11) is 0. The molecule has 98 valence electrons. The van der Waals surface area contributed by atoms with Crippen LogP contribution < -0.4 is 5.32 Å². The zero-order chi connectivity index (χ0) is 13.1. The zero-order valence-corrected chi connectivity index (χ0v) is 12.9. The quantitative estimate of drug-likeness (QED) is 0.773. The van der Waals surface area contributed by atoms with Gasteiger partial charge in [0.2, 0.25) is 0 Å². The third-order valence-corrected chi connectivity index (χ3v) is 4.58. The van der Waals surface area contributed by atoms with Crippen molar-refractivity contribution in [3.8, 4) is 0 Å². The van der Waals surface area contributed by atoms with Crippen LogP contribution in [-0.4, -0.2) is 16.8 Å². The van der Waals surface area contributed by atoms with Gasteiger partial charge >= 0.3 is 0 Å². The number of carbonyl (C=O) groups excluding carboxylic acids is 1. The number of hydrogen-bond acceptors (Lipinski definition) is 1. The summed E-state index contributed by atoms with van der Waals surface area (Å²) in [5, 5.41) is 2.90. The molecule has 0 heterocycles. The summed E-state index contributed by atoms with van der Waals surface area (Å²) in [6.45, 7) is 0. The van der Waals surface area contributed by atoms with Crippen molar-refractivity contribution in [3.63, 3.8) is 0 Å². The Morgan fingerprint density at radius 1 is 1.28 bits per heavy atom. The van der Waals surface area contributed by atoms with E-state index in [4.69, 9.17) is 0 Å². The lowest BCUT2D eigenvalue weighted by molar-refractivity contribution is 0.0924. The Morgan fingerprint density at radius 3 is 2.56 bits per heavy atom. The van der Waals surface area contributed by atoms with Crippen LogP contribution in [0.25, 0.3) is 0 Å². The van der Waals surface area contributed by atoms with Gasteiger partial charge in [-0.25, -0.2) is 4.39 Å². The minimum atomic E-state index is -0.490. The second-order valence-corrected chi connectivity index (χ2v) is 6.76. The molecule has 1 saturated carbocycles. The molecule has 5 heteroatoms. The molecule has 1 aromatic rings. The van der Waals surface area contributed by atoms with Gasteiger partial charge < -0.3 is 5.32 Å². The highest BCUT2D eigenvalue weighted by Crippen LogP contribution is 2.24. The van der Waals surface area contributed by atoms with Crippen LogP contribution in [0, 0.1) is 5.82 Å². The Balaban J connectivity index is 1.99. The zero-order valence-electron chi connectivity index (χ0n) is 9.76. The second kappa shape index (κ2) is 6.15. The van der Waals surface area contributed by atoms with Gasteiger partial charge in [0.1, 0.15) is 5.82 Å². The van der Waals surface area contributed by atoms with Crippen LogP contribution in [0.15, 0.2) is 22.7 Å². The molecule has 1 N–H and O–H groups in total. The Hall–Kier alpha value is -0.420. The molecule has 2 nitrogen and oxygen atoms in total. The normalized spacial score (nSPS) is 23.7. The Morgan fingerprint density at radius 2 is 1.94 bits per heavy atom. The molecule has 2 rings (SSSR count). The minimum Gasteiger partial charge on any atom is -0.349 e. The molecule has 1 amide bonds. The number of rotatable bonds is 2. The third kappa shape index (κ3) is 3.54. The summed E-state index contributed by atoms with van der Waals surface area (Å²) in [6, 6.07) is 4.65. The lowest BCUT2D eigenvalue weighted by atomic mass is 9.95. The van der Waals surface area contributed by atoms with Gasteiger partial charge in [-0.2, -0.15) is 0 Å². The fourth-order valence-corrected chi connectivity index (χ4v) is 3.00. The third-order valence-electron chi connectivity index (χ3n) is 3.17. The highest BCUT2D eigenvalue weighted by atomic mass is 79.9. The van der Waals surface area contributed by atoms with Gasteiger partial charge in [0.15, 0.2) is 0 Å². The number of benzene rings is 1. The summed E-state index contributed by atoms with van der Waals surface area (Å²) in [6.07, 6.45) is 3.99. The first-order valence-corrected chi connectivity index (χ1v) is 7.67. The van der Waals surface area contributed by atoms with E-state index < -0.39 is 5.82 Å². The van der Waals surface area contributed by atoms with Crippen LogP contribution in [0.3, 0.4) is 0 Å². The lowest BCUT2D eigenvalue weighted by Crippen LogP contribution is -2.38. The van der Waals surface area contributed by atoms with Gasteiger partial charge in [0, 0.05) is 15.3 Å².